The molecule has 1 aliphatic heterocycles. The van der Waals surface area contributed by atoms with Crippen LogP contribution in [0.15, 0.2) is 11.6 Å². The van der Waals surface area contributed by atoms with E-state index in [0.29, 0.717) is 0 Å². The Morgan fingerprint density at radius 3 is 2.71 bits per heavy atom. The van der Waals surface area contributed by atoms with Crippen LogP contribution in [-0.4, -0.2) is 52.0 Å². The molecule has 0 bridgehead atoms. The van der Waals surface area contributed by atoms with Crippen molar-refractivity contribution in [2.75, 3.05) is 13.2 Å². The Bertz CT molecular complexity index is 540. The highest BCUT2D eigenvalue weighted by atomic mass is 16.6. The van der Waals surface area contributed by atoms with Gasteiger partial charge in [0.1, 0.15) is 0 Å². The molecule has 6 nitrogen and oxygen atoms in total. The van der Waals surface area contributed by atoms with Gasteiger partial charge in [0.25, 0.3) is 0 Å². The molecule has 1 spiro atoms. The number of esters is 1. The Morgan fingerprint density at radius 1 is 1.43 bits per heavy atom. The van der Waals surface area contributed by atoms with Crippen LogP contribution in [-0.2, 0) is 14.3 Å². The van der Waals surface area contributed by atoms with E-state index in [4.69, 9.17) is 4.74 Å². The Balaban J connectivity index is 2.27. The summed E-state index contributed by atoms with van der Waals surface area (Å²) in [5.41, 5.74) is -3.23. The molecule has 2 aliphatic carbocycles. The Morgan fingerprint density at radius 2 is 2.10 bits per heavy atom. The summed E-state index contributed by atoms with van der Waals surface area (Å²) in [6.45, 7) is 2.89. The smallest absolute Gasteiger partial charge is 0.343 e. The van der Waals surface area contributed by atoms with Crippen molar-refractivity contribution >= 4 is 11.8 Å². The van der Waals surface area contributed by atoms with Gasteiger partial charge in [-0.05, 0) is 36.8 Å². The Hall–Kier alpha value is -1.24. The molecule has 3 rings (SSSR count). The summed E-state index contributed by atoms with van der Waals surface area (Å²) < 4.78 is 5.13. The van der Waals surface area contributed by atoms with Crippen molar-refractivity contribution in [1.29, 1.82) is 0 Å². The topological polar surface area (TPSA) is 104 Å². The van der Waals surface area contributed by atoms with Gasteiger partial charge in [-0.25, -0.2) is 4.79 Å². The van der Waals surface area contributed by atoms with Crippen LogP contribution in [0.3, 0.4) is 0 Å². The molecule has 0 amide bonds. The molecule has 0 aromatic rings. The second-order valence-corrected chi connectivity index (χ2v) is 6.51. The van der Waals surface area contributed by atoms with Crippen LogP contribution in [0.25, 0.3) is 0 Å². The molecule has 6 atom stereocenters. The molecular weight excluding hydrogens is 276 g/mol. The van der Waals surface area contributed by atoms with Gasteiger partial charge < -0.3 is 20.1 Å². The first-order valence-electron chi connectivity index (χ1n) is 7.23. The van der Waals surface area contributed by atoms with Gasteiger partial charge >= 0.3 is 5.97 Å². The van der Waals surface area contributed by atoms with E-state index in [2.05, 4.69) is 0 Å². The zero-order chi connectivity index (χ0) is 15.6. The second kappa shape index (κ2) is 4.38. The summed E-state index contributed by atoms with van der Waals surface area (Å²) in [7, 11) is 0. The summed E-state index contributed by atoms with van der Waals surface area (Å²) in [6, 6.07) is 0. The number of rotatable bonds is 1. The van der Waals surface area contributed by atoms with Gasteiger partial charge in [0.2, 0.25) is 0 Å². The molecule has 3 N–H and O–H groups in total. The molecule has 1 heterocycles. The quantitative estimate of drug-likeness (QED) is 0.559. The van der Waals surface area contributed by atoms with Gasteiger partial charge in [0.05, 0.1) is 18.1 Å². The predicted octanol–water partition coefficient (Wildman–Crippen LogP) is -0.585. The maximum atomic E-state index is 12.7. The molecule has 0 aromatic heterocycles. The minimum Gasteiger partial charge on any atom is -0.463 e. The third-order valence-electron chi connectivity index (χ3n) is 5.83. The molecule has 6 heteroatoms. The summed E-state index contributed by atoms with van der Waals surface area (Å²) in [5.74, 6) is -2.76. The number of cyclic esters (lactones) is 1. The monoisotopic (exact) mass is 296 g/mol. The highest BCUT2D eigenvalue weighted by Gasteiger charge is 2.75. The number of hydrogen-bond acceptors (Lipinski definition) is 6. The van der Waals surface area contributed by atoms with E-state index in [1.54, 1.807) is 6.92 Å². The summed E-state index contributed by atoms with van der Waals surface area (Å²) >= 11 is 0. The highest BCUT2D eigenvalue weighted by molar-refractivity contribution is 6.08. The van der Waals surface area contributed by atoms with E-state index >= 15 is 0 Å². The lowest BCUT2D eigenvalue weighted by atomic mass is 9.58. The van der Waals surface area contributed by atoms with Gasteiger partial charge in [0, 0.05) is 12.5 Å². The van der Waals surface area contributed by atoms with E-state index in [9.17, 15) is 24.9 Å². The van der Waals surface area contributed by atoms with Gasteiger partial charge in [-0.1, -0.05) is 6.92 Å². The molecule has 2 fully saturated rings. The number of ether oxygens (including phenoxy) is 1. The molecule has 0 unspecified atom stereocenters. The third kappa shape index (κ3) is 1.43. The van der Waals surface area contributed by atoms with Crippen LogP contribution in [0.5, 0.6) is 0 Å². The summed E-state index contributed by atoms with van der Waals surface area (Å²) in [4.78, 5) is 25.1. The van der Waals surface area contributed by atoms with Crippen molar-refractivity contribution in [2.45, 2.75) is 32.0 Å². The maximum absolute atomic E-state index is 12.7. The molecule has 1 saturated carbocycles. The van der Waals surface area contributed by atoms with E-state index in [1.807, 2.05) is 0 Å². The molecule has 0 radical (unpaired) electrons. The fourth-order valence-electron chi connectivity index (χ4n) is 4.70. The zero-order valence-corrected chi connectivity index (χ0v) is 12.1. The number of hydrogen-bond donors (Lipinski definition) is 3. The first kappa shape index (κ1) is 14.7. The number of aliphatic hydroxyl groups is 3. The minimum absolute atomic E-state index is 0.0515. The van der Waals surface area contributed by atoms with Crippen LogP contribution in [0, 0.1) is 23.2 Å². The lowest BCUT2D eigenvalue weighted by molar-refractivity contribution is -0.178. The van der Waals surface area contributed by atoms with Crippen LogP contribution < -0.4 is 0 Å². The van der Waals surface area contributed by atoms with Crippen LogP contribution in [0.2, 0.25) is 0 Å². The maximum Gasteiger partial charge on any atom is 0.343 e. The third-order valence-corrected chi connectivity index (χ3v) is 5.83. The zero-order valence-electron chi connectivity index (χ0n) is 12.1. The molecule has 1 saturated heterocycles. The van der Waals surface area contributed by atoms with Crippen LogP contribution >= 0.6 is 0 Å². The average Bonchev–Trinajstić information content (AvgIpc) is 2.78. The number of carbonyl (C=O) groups is 2. The van der Waals surface area contributed by atoms with E-state index in [-0.39, 0.29) is 31.0 Å². The lowest BCUT2D eigenvalue weighted by Crippen LogP contribution is -2.60. The van der Waals surface area contributed by atoms with Crippen LogP contribution in [0.4, 0.5) is 0 Å². The van der Waals surface area contributed by atoms with Crippen molar-refractivity contribution in [3.63, 3.8) is 0 Å². The first-order valence-corrected chi connectivity index (χ1v) is 7.23. The van der Waals surface area contributed by atoms with E-state index in [1.165, 1.54) is 13.0 Å². The molecule has 3 aliphatic rings. The molecule has 21 heavy (non-hydrogen) atoms. The number of carbonyl (C=O) groups excluding carboxylic acids is 2. The van der Waals surface area contributed by atoms with Crippen molar-refractivity contribution in [3.05, 3.63) is 11.6 Å². The summed E-state index contributed by atoms with van der Waals surface area (Å²) in [5, 5.41) is 31.0. The van der Waals surface area contributed by atoms with Crippen LogP contribution in [0.1, 0.15) is 20.3 Å². The van der Waals surface area contributed by atoms with E-state index < -0.39 is 40.8 Å². The normalized spacial score (nSPS) is 49.3. The average molecular weight is 296 g/mol. The first-order chi connectivity index (χ1) is 9.81. The van der Waals surface area contributed by atoms with Gasteiger partial charge in [0.15, 0.2) is 11.4 Å². The van der Waals surface area contributed by atoms with Gasteiger partial charge in [-0.15, -0.1) is 0 Å². The fourth-order valence-corrected chi connectivity index (χ4v) is 4.70. The SMILES string of the molecule is CC1=CC(=O)[C@@]23[C@H](C)[C@@H](O)C[C@@H]2[C@@H](CO)COC(=O)[C@]13O. The van der Waals surface area contributed by atoms with Crippen molar-refractivity contribution in [3.8, 4) is 0 Å². The number of aliphatic hydroxyl groups excluding tert-OH is 2. The highest BCUT2D eigenvalue weighted by Crippen LogP contribution is 2.63. The van der Waals surface area contributed by atoms with Crippen molar-refractivity contribution in [1.82, 2.24) is 0 Å². The van der Waals surface area contributed by atoms with Gasteiger partial charge in [-0.3, -0.25) is 4.79 Å². The minimum atomic E-state index is -2.05. The summed E-state index contributed by atoms with van der Waals surface area (Å²) in [6.07, 6.45) is 0.741. The molecule has 116 valence electrons. The van der Waals surface area contributed by atoms with Crippen molar-refractivity contribution in [2.24, 2.45) is 23.2 Å². The van der Waals surface area contributed by atoms with Crippen molar-refractivity contribution < 1.29 is 29.6 Å². The van der Waals surface area contributed by atoms with Gasteiger partial charge in [-0.2, -0.15) is 0 Å². The molecule has 0 aromatic carbocycles. The number of allylic oxidation sites excluding steroid dienone is 1. The standard InChI is InChI=1S/C15H20O6/c1-7-3-12(18)14-8(2)11(17)4-10(14)9(5-16)6-21-13(19)15(7,14)20/h3,8-11,16-17,20H,4-6H2,1-2H3/t8-,9+,10-,11+,14-,15-/m1/s1. The fraction of sp³-hybridized carbons (Fsp3) is 0.733. The second-order valence-electron chi connectivity index (χ2n) is 6.51. The Labute approximate surface area is 122 Å². The largest absolute Gasteiger partial charge is 0.463 e. The lowest BCUT2D eigenvalue weighted by Gasteiger charge is -2.43. The van der Waals surface area contributed by atoms with E-state index in [0.717, 1.165) is 0 Å². The number of ketones is 1. The Kier molecular flexibility index (Phi) is 3.06. The predicted molar refractivity (Wildman–Crippen MR) is 71.0 cm³/mol. The molecular formula is C15H20O6.